The largest absolute Gasteiger partial charge is 0.323 e. The van der Waals surface area contributed by atoms with Crippen molar-refractivity contribution in [2.24, 2.45) is 5.92 Å². The predicted molar refractivity (Wildman–Crippen MR) is 97.1 cm³/mol. The van der Waals surface area contributed by atoms with Gasteiger partial charge in [-0.1, -0.05) is 28.1 Å². The lowest BCUT2D eigenvalue weighted by Crippen LogP contribution is -2.40. The van der Waals surface area contributed by atoms with Crippen molar-refractivity contribution in [3.05, 3.63) is 64.1 Å². The number of nitrogens with one attached hydrogen (secondary N) is 1. The summed E-state index contributed by atoms with van der Waals surface area (Å²) in [4.78, 5) is 14.6. The molecule has 25 heavy (non-hydrogen) atoms. The number of hydrogen-bond acceptors (Lipinski definition) is 2. The molecule has 1 N–H and O–H groups in total. The maximum atomic E-state index is 13.9. The van der Waals surface area contributed by atoms with Gasteiger partial charge in [0.05, 0.1) is 11.6 Å². The molecule has 1 unspecified atom stereocenters. The number of piperidine rings is 1. The zero-order valence-corrected chi connectivity index (χ0v) is 15.2. The van der Waals surface area contributed by atoms with Crippen molar-refractivity contribution >= 4 is 27.5 Å². The van der Waals surface area contributed by atoms with Gasteiger partial charge in [-0.15, -0.1) is 0 Å². The van der Waals surface area contributed by atoms with Gasteiger partial charge in [-0.2, -0.15) is 0 Å². The van der Waals surface area contributed by atoms with Crippen LogP contribution in [0.3, 0.4) is 0 Å². The van der Waals surface area contributed by atoms with Crippen LogP contribution in [0.25, 0.3) is 0 Å². The molecule has 0 radical (unpaired) electrons. The van der Waals surface area contributed by atoms with E-state index in [0.29, 0.717) is 17.6 Å². The zero-order valence-electron chi connectivity index (χ0n) is 13.6. The van der Waals surface area contributed by atoms with Crippen LogP contribution in [-0.2, 0) is 11.3 Å². The smallest absolute Gasteiger partial charge is 0.228 e. The summed E-state index contributed by atoms with van der Waals surface area (Å²) < 4.78 is 27.8. The summed E-state index contributed by atoms with van der Waals surface area (Å²) in [5.41, 5.74) is 1.08. The van der Waals surface area contributed by atoms with Gasteiger partial charge in [0.1, 0.15) is 11.6 Å². The minimum atomic E-state index is -0.463. The van der Waals surface area contributed by atoms with E-state index in [4.69, 9.17) is 0 Å². The van der Waals surface area contributed by atoms with Gasteiger partial charge >= 0.3 is 0 Å². The molecule has 6 heteroatoms. The van der Waals surface area contributed by atoms with Crippen LogP contribution in [-0.4, -0.2) is 23.9 Å². The maximum absolute atomic E-state index is 13.9. The summed E-state index contributed by atoms with van der Waals surface area (Å²) in [5.74, 6) is -1.10. The van der Waals surface area contributed by atoms with E-state index in [1.807, 2.05) is 6.07 Å². The van der Waals surface area contributed by atoms with Crippen molar-refractivity contribution in [2.75, 3.05) is 18.4 Å². The van der Waals surface area contributed by atoms with Gasteiger partial charge in [0.15, 0.2) is 0 Å². The summed E-state index contributed by atoms with van der Waals surface area (Å²) >= 11 is 3.20. The first-order valence-electron chi connectivity index (χ1n) is 8.24. The van der Waals surface area contributed by atoms with Crippen LogP contribution in [0.5, 0.6) is 0 Å². The first-order chi connectivity index (χ1) is 12.0. The van der Waals surface area contributed by atoms with E-state index in [9.17, 15) is 13.6 Å². The third kappa shape index (κ3) is 4.86. The summed E-state index contributed by atoms with van der Waals surface area (Å²) in [6.07, 6.45) is 1.65. The second kappa shape index (κ2) is 8.06. The minimum Gasteiger partial charge on any atom is -0.323 e. The standard InChI is InChI=1S/C19H19BrF2N2O/c20-15-6-7-18(17(22)10-15)23-19(25)14-4-2-8-24(12-14)11-13-3-1-5-16(21)9-13/h1,3,5-7,9-10,14H,2,4,8,11-12H2,(H,23,25). The van der Waals surface area contributed by atoms with Crippen molar-refractivity contribution in [3.8, 4) is 0 Å². The van der Waals surface area contributed by atoms with Gasteiger partial charge in [0, 0.05) is 17.6 Å². The molecule has 0 aromatic heterocycles. The number of benzene rings is 2. The number of rotatable bonds is 4. The lowest BCUT2D eigenvalue weighted by molar-refractivity contribution is -0.121. The SMILES string of the molecule is O=C(Nc1ccc(Br)cc1F)C1CCCN(Cc2cccc(F)c2)C1. The van der Waals surface area contributed by atoms with E-state index in [2.05, 4.69) is 26.1 Å². The fraction of sp³-hybridized carbons (Fsp3) is 0.316. The summed E-state index contributed by atoms with van der Waals surface area (Å²) in [6.45, 7) is 2.06. The van der Waals surface area contributed by atoms with Gasteiger partial charge in [0.25, 0.3) is 0 Å². The molecule has 0 aliphatic carbocycles. The molecule has 1 fully saturated rings. The van der Waals surface area contributed by atoms with E-state index in [1.165, 1.54) is 18.2 Å². The zero-order chi connectivity index (χ0) is 17.8. The van der Waals surface area contributed by atoms with Gasteiger partial charge < -0.3 is 5.32 Å². The van der Waals surface area contributed by atoms with E-state index in [-0.39, 0.29) is 23.3 Å². The Morgan fingerprint density at radius 2 is 2.08 bits per heavy atom. The predicted octanol–water partition coefficient (Wildman–Crippen LogP) is 4.58. The summed E-state index contributed by atoms with van der Waals surface area (Å²) in [7, 11) is 0. The van der Waals surface area contributed by atoms with E-state index < -0.39 is 5.82 Å². The van der Waals surface area contributed by atoms with E-state index >= 15 is 0 Å². The molecular formula is C19H19BrF2N2O. The maximum Gasteiger partial charge on any atom is 0.228 e. The molecule has 1 saturated heterocycles. The van der Waals surface area contributed by atoms with Crippen LogP contribution in [0.15, 0.2) is 46.9 Å². The van der Waals surface area contributed by atoms with Gasteiger partial charge in [-0.25, -0.2) is 8.78 Å². The Labute approximate surface area is 154 Å². The number of carbonyl (C=O) groups is 1. The molecule has 2 aromatic carbocycles. The van der Waals surface area contributed by atoms with Gasteiger partial charge in [-0.3, -0.25) is 9.69 Å². The number of amides is 1. The highest BCUT2D eigenvalue weighted by Gasteiger charge is 2.26. The second-order valence-corrected chi connectivity index (χ2v) is 7.23. The van der Waals surface area contributed by atoms with Crippen LogP contribution in [0.4, 0.5) is 14.5 Å². The minimum absolute atomic E-state index is 0.176. The Morgan fingerprint density at radius 1 is 1.24 bits per heavy atom. The molecule has 3 rings (SSSR count). The number of carbonyl (C=O) groups excluding carboxylic acids is 1. The third-order valence-electron chi connectivity index (χ3n) is 4.36. The molecule has 2 aromatic rings. The third-order valence-corrected chi connectivity index (χ3v) is 4.85. The molecule has 1 heterocycles. The summed E-state index contributed by atoms with van der Waals surface area (Å²) in [6, 6.07) is 11.1. The Bertz CT molecular complexity index is 769. The lowest BCUT2D eigenvalue weighted by atomic mass is 9.96. The van der Waals surface area contributed by atoms with Crippen LogP contribution < -0.4 is 5.32 Å². The Morgan fingerprint density at radius 3 is 2.84 bits per heavy atom. The molecule has 1 amide bonds. The number of anilines is 1. The van der Waals surface area contributed by atoms with Crippen LogP contribution >= 0.6 is 15.9 Å². The first-order valence-corrected chi connectivity index (χ1v) is 9.03. The molecule has 0 bridgehead atoms. The fourth-order valence-electron chi connectivity index (χ4n) is 3.13. The van der Waals surface area contributed by atoms with Crippen LogP contribution in [0, 0.1) is 17.6 Å². The second-order valence-electron chi connectivity index (χ2n) is 6.32. The fourth-order valence-corrected chi connectivity index (χ4v) is 3.47. The van der Waals surface area contributed by atoms with Crippen molar-refractivity contribution in [1.82, 2.24) is 4.90 Å². The van der Waals surface area contributed by atoms with Gasteiger partial charge in [-0.05, 0) is 55.3 Å². The normalized spacial score (nSPS) is 18.1. The summed E-state index contributed by atoms with van der Waals surface area (Å²) in [5, 5.41) is 2.68. The van der Waals surface area contributed by atoms with Crippen LogP contribution in [0.2, 0.25) is 0 Å². The molecule has 1 atom stereocenters. The highest BCUT2D eigenvalue weighted by atomic mass is 79.9. The monoisotopic (exact) mass is 408 g/mol. The number of halogens is 3. The molecule has 0 saturated carbocycles. The number of hydrogen-bond donors (Lipinski definition) is 1. The molecule has 1 aliphatic heterocycles. The molecule has 1 aliphatic rings. The molecule has 0 spiro atoms. The van der Waals surface area contributed by atoms with E-state index in [1.54, 1.807) is 18.2 Å². The number of nitrogens with zero attached hydrogens (tertiary/aromatic N) is 1. The molecule has 3 nitrogen and oxygen atoms in total. The van der Waals surface area contributed by atoms with Crippen molar-refractivity contribution in [3.63, 3.8) is 0 Å². The molecular weight excluding hydrogens is 390 g/mol. The highest BCUT2D eigenvalue weighted by Crippen LogP contribution is 2.23. The van der Waals surface area contributed by atoms with Crippen molar-refractivity contribution in [2.45, 2.75) is 19.4 Å². The van der Waals surface area contributed by atoms with Crippen molar-refractivity contribution < 1.29 is 13.6 Å². The van der Waals surface area contributed by atoms with Crippen LogP contribution in [0.1, 0.15) is 18.4 Å². The quantitative estimate of drug-likeness (QED) is 0.802. The lowest BCUT2D eigenvalue weighted by Gasteiger charge is -2.32. The molecule has 132 valence electrons. The van der Waals surface area contributed by atoms with Crippen molar-refractivity contribution in [1.29, 1.82) is 0 Å². The average molecular weight is 409 g/mol. The van der Waals surface area contributed by atoms with E-state index in [0.717, 1.165) is 24.9 Å². The average Bonchev–Trinajstić information content (AvgIpc) is 2.57. The highest BCUT2D eigenvalue weighted by molar-refractivity contribution is 9.10. The first kappa shape index (κ1) is 18.0. The topological polar surface area (TPSA) is 32.3 Å². The van der Waals surface area contributed by atoms with Gasteiger partial charge in [0.2, 0.25) is 5.91 Å². The number of likely N-dealkylation sites (tertiary alicyclic amines) is 1. The Kier molecular flexibility index (Phi) is 5.81. The Hall–Kier alpha value is -1.79. The Balaban J connectivity index is 1.61.